The fourth-order valence-electron chi connectivity index (χ4n) is 2.57. The molecule has 3 rings (SSSR count). The molecule has 1 N–H and O–H groups in total. The predicted octanol–water partition coefficient (Wildman–Crippen LogP) is 3.57. The Kier molecular flexibility index (Phi) is 2.11. The second kappa shape index (κ2) is 3.52. The average Bonchev–Trinajstić information content (AvgIpc) is 2.36. The Morgan fingerprint density at radius 3 is 2.65 bits per heavy atom. The van der Waals surface area contributed by atoms with Crippen LogP contribution in [0.4, 0.5) is 5.69 Å². The maximum Gasteiger partial charge on any atom is 0.115 e. The lowest BCUT2D eigenvalue weighted by Crippen LogP contribution is -2.25. The lowest BCUT2D eigenvalue weighted by molar-refractivity contribution is 0.474. The van der Waals surface area contributed by atoms with Gasteiger partial charge in [-0.1, -0.05) is 24.3 Å². The van der Waals surface area contributed by atoms with E-state index in [2.05, 4.69) is 43.1 Å². The summed E-state index contributed by atoms with van der Waals surface area (Å²) in [6.45, 7) is 2.16. The highest BCUT2D eigenvalue weighted by Crippen LogP contribution is 2.44. The number of nitrogens with zero attached hydrogens (tertiary/aromatic N) is 1. The summed E-state index contributed by atoms with van der Waals surface area (Å²) < 4.78 is 0. The van der Waals surface area contributed by atoms with Crippen LogP contribution in [0, 0.1) is 0 Å². The van der Waals surface area contributed by atoms with Crippen LogP contribution in [0.15, 0.2) is 42.5 Å². The van der Waals surface area contributed by atoms with E-state index in [0.29, 0.717) is 5.75 Å². The molecular weight excluding hydrogens is 210 g/mol. The number of para-hydroxylation sites is 1. The van der Waals surface area contributed by atoms with Gasteiger partial charge in [-0.3, -0.25) is 0 Å². The molecule has 0 saturated heterocycles. The third-order valence-corrected chi connectivity index (χ3v) is 3.64. The highest BCUT2D eigenvalue weighted by Gasteiger charge is 2.25. The van der Waals surface area contributed by atoms with Crippen LogP contribution in [0.25, 0.3) is 11.1 Å². The zero-order valence-corrected chi connectivity index (χ0v) is 10.0. The number of hydrogen-bond acceptors (Lipinski definition) is 2. The zero-order chi connectivity index (χ0) is 12.0. The number of benzene rings is 2. The molecule has 1 aliphatic heterocycles. The number of phenols is 1. The van der Waals surface area contributed by atoms with Gasteiger partial charge >= 0.3 is 0 Å². The lowest BCUT2D eigenvalue weighted by Gasteiger charge is -2.35. The number of phenolic OH excluding ortho intramolecular Hbond substituents is 1. The lowest BCUT2D eigenvalue weighted by atomic mass is 9.89. The summed E-state index contributed by atoms with van der Waals surface area (Å²) in [5, 5.41) is 9.62. The van der Waals surface area contributed by atoms with Crippen molar-refractivity contribution in [2.45, 2.75) is 13.0 Å². The minimum Gasteiger partial charge on any atom is -0.508 e. The molecule has 2 aromatic carbocycles. The van der Waals surface area contributed by atoms with Gasteiger partial charge in [-0.05, 0) is 36.2 Å². The van der Waals surface area contributed by atoms with Crippen LogP contribution in [0.5, 0.6) is 5.75 Å². The maximum absolute atomic E-state index is 9.62. The number of rotatable bonds is 0. The average molecular weight is 225 g/mol. The van der Waals surface area contributed by atoms with Gasteiger partial charge in [-0.25, -0.2) is 0 Å². The van der Waals surface area contributed by atoms with Crippen molar-refractivity contribution in [1.29, 1.82) is 0 Å². The number of fused-ring (bicyclic) bond motifs is 3. The molecule has 0 unspecified atom stereocenters. The minimum absolute atomic E-state index is 0.284. The highest BCUT2D eigenvalue weighted by atomic mass is 16.3. The van der Waals surface area contributed by atoms with Crippen LogP contribution in [-0.4, -0.2) is 12.2 Å². The molecule has 0 aromatic heterocycles. The summed E-state index contributed by atoms with van der Waals surface area (Å²) >= 11 is 0. The van der Waals surface area contributed by atoms with Crippen molar-refractivity contribution >= 4 is 5.69 Å². The van der Waals surface area contributed by atoms with Crippen molar-refractivity contribution < 1.29 is 5.11 Å². The van der Waals surface area contributed by atoms with E-state index in [1.807, 2.05) is 12.1 Å². The van der Waals surface area contributed by atoms with Gasteiger partial charge in [0.15, 0.2) is 0 Å². The molecule has 1 heterocycles. The van der Waals surface area contributed by atoms with Gasteiger partial charge in [-0.2, -0.15) is 0 Å². The van der Waals surface area contributed by atoms with Crippen LogP contribution >= 0.6 is 0 Å². The number of aromatic hydroxyl groups is 1. The molecule has 2 aromatic rings. The van der Waals surface area contributed by atoms with E-state index in [4.69, 9.17) is 0 Å². The Balaban J connectivity index is 2.32. The van der Waals surface area contributed by atoms with Crippen molar-refractivity contribution in [3.8, 4) is 16.9 Å². The predicted molar refractivity (Wildman–Crippen MR) is 70.4 cm³/mol. The molecular formula is C15H15NO. The number of anilines is 1. The first-order valence-corrected chi connectivity index (χ1v) is 5.83. The van der Waals surface area contributed by atoms with Crippen molar-refractivity contribution in [3.05, 3.63) is 48.0 Å². The van der Waals surface area contributed by atoms with Gasteiger partial charge in [0.1, 0.15) is 5.75 Å². The van der Waals surface area contributed by atoms with Crippen molar-refractivity contribution in [3.63, 3.8) is 0 Å². The molecule has 1 atom stereocenters. The standard InChI is InChI=1S/C15H15NO/c1-10-14-9-11(17)7-8-12(14)13-5-3-4-6-15(13)16(10)2/h3-10,17H,1-2H3/t10-/m0/s1. The topological polar surface area (TPSA) is 23.5 Å². The van der Waals surface area contributed by atoms with Gasteiger partial charge in [0.25, 0.3) is 0 Å². The summed E-state index contributed by atoms with van der Waals surface area (Å²) in [5.41, 5.74) is 4.90. The Morgan fingerprint density at radius 2 is 1.82 bits per heavy atom. The molecule has 2 heteroatoms. The molecule has 0 spiro atoms. The molecule has 0 fully saturated rings. The largest absolute Gasteiger partial charge is 0.508 e. The first-order valence-electron chi connectivity index (χ1n) is 5.83. The Labute approximate surface area is 101 Å². The van der Waals surface area contributed by atoms with E-state index in [9.17, 15) is 5.11 Å². The monoisotopic (exact) mass is 225 g/mol. The third kappa shape index (κ3) is 1.41. The van der Waals surface area contributed by atoms with Gasteiger partial charge in [-0.15, -0.1) is 0 Å². The van der Waals surface area contributed by atoms with Crippen LogP contribution in [0.1, 0.15) is 18.5 Å². The van der Waals surface area contributed by atoms with Crippen molar-refractivity contribution in [1.82, 2.24) is 0 Å². The van der Waals surface area contributed by atoms with Gasteiger partial charge in [0.2, 0.25) is 0 Å². The summed E-state index contributed by atoms with van der Waals surface area (Å²) in [5.74, 6) is 0.336. The molecule has 2 nitrogen and oxygen atoms in total. The summed E-state index contributed by atoms with van der Waals surface area (Å²) in [7, 11) is 2.09. The van der Waals surface area contributed by atoms with Crippen LogP contribution in [0.2, 0.25) is 0 Å². The van der Waals surface area contributed by atoms with E-state index in [0.717, 1.165) is 0 Å². The zero-order valence-electron chi connectivity index (χ0n) is 10.0. The van der Waals surface area contributed by atoms with E-state index in [1.165, 1.54) is 22.4 Å². The fourth-order valence-corrected chi connectivity index (χ4v) is 2.57. The van der Waals surface area contributed by atoms with E-state index in [1.54, 1.807) is 6.07 Å². The molecule has 0 aliphatic carbocycles. The van der Waals surface area contributed by atoms with E-state index < -0.39 is 0 Å². The quantitative estimate of drug-likeness (QED) is 0.741. The molecule has 0 bridgehead atoms. The summed E-state index contributed by atoms with van der Waals surface area (Å²) in [4.78, 5) is 2.25. The summed E-state index contributed by atoms with van der Waals surface area (Å²) in [6.07, 6.45) is 0. The van der Waals surface area contributed by atoms with Crippen LogP contribution in [-0.2, 0) is 0 Å². The molecule has 0 saturated carbocycles. The second-order valence-electron chi connectivity index (χ2n) is 4.58. The normalized spacial score (nSPS) is 17.5. The second-order valence-corrected chi connectivity index (χ2v) is 4.58. The first kappa shape index (κ1) is 10.2. The molecule has 17 heavy (non-hydrogen) atoms. The van der Waals surface area contributed by atoms with Crippen molar-refractivity contribution in [2.24, 2.45) is 0 Å². The SMILES string of the molecule is C[C@H]1c2cc(O)ccc2-c2ccccc2N1C. The number of hydrogen-bond donors (Lipinski definition) is 1. The molecule has 0 amide bonds. The Morgan fingerprint density at radius 1 is 1.06 bits per heavy atom. The smallest absolute Gasteiger partial charge is 0.115 e. The Hall–Kier alpha value is -1.96. The van der Waals surface area contributed by atoms with Crippen LogP contribution < -0.4 is 4.90 Å². The summed E-state index contributed by atoms with van der Waals surface area (Å²) in [6, 6.07) is 14.3. The highest BCUT2D eigenvalue weighted by molar-refractivity contribution is 5.84. The van der Waals surface area contributed by atoms with Crippen molar-refractivity contribution in [2.75, 3.05) is 11.9 Å². The Bertz CT molecular complexity index is 577. The van der Waals surface area contributed by atoms with Gasteiger partial charge in [0, 0.05) is 18.3 Å². The van der Waals surface area contributed by atoms with E-state index >= 15 is 0 Å². The van der Waals surface area contributed by atoms with Gasteiger partial charge in [0.05, 0.1) is 6.04 Å². The fraction of sp³-hybridized carbons (Fsp3) is 0.200. The van der Waals surface area contributed by atoms with Crippen LogP contribution in [0.3, 0.4) is 0 Å². The first-order chi connectivity index (χ1) is 8.18. The molecule has 86 valence electrons. The molecule has 0 radical (unpaired) electrons. The van der Waals surface area contributed by atoms with E-state index in [-0.39, 0.29) is 6.04 Å². The third-order valence-electron chi connectivity index (χ3n) is 3.64. The molecule has 1 aliphatic rings. The minimum atomic E-state index is 0.284. The van der Waals surface area contributed by atoms with Gasteiger partial charge < -0.3 is 10.0 Å². The maximum atomic E-state index is 9.62.